The van der Waals surface area contributed by atoms with Crippen LogP contribution in [0.4, 0.5) is 4.39 Å². The topological polar surface area (TPSA) is 55.1 Å². The van der Waals surface area contributed by atoms with Crippen molar-refractivity contribution in [1.82, 2.24) is 9.78 Å². The molecule has 17 heavy (non-hydrogen) atoms. The van der Waals surface area contributed by atoms with Crippen molar-refractivity contribution < 1.29 is 14.3 Å². The SMILES string of the molecule is O=C(O)c1cccc(Cn2cc(Cl)cn2)c1F. The van der Waals surface area contributed by atoms with Crippen LogP contribution in [-0.2, 0) is 6.54 Å². The maximum atomic E-state index is 13.8. The first kappa shape index (κ1) is 11.6. The van der Waals surface area contributed by atoms with Gasteiger partial charge in [0.15, 0.2) is 0 Å². The third kappa shape index (κ3) is 2.45. The van der Waals surface area contributed by atoms with Gasteiger partial charge < -0.3 is 5.11 Å². The summed E-state index contributed by atoms with van der Waals surface area (Å²) in [6, 6.07) is 4.22. The van der Waals surface area contributed by atoms with Gasteiger partial charge in [-0.2, -0.15) is 5.10 Å². The number of benzene rings is 1. The number of aromatic nitrogens is 2. The number of carboxylic acid groups (broad SMARTS) is 1. The average molecular weight is 255 g/mol. The molecule has 0 saturated heterocycles. The van der Waals surface area contributed by atoms with Crippen molar-refractivity contribution in [2.24, 2.45) is 0 Å². The number of hydrogen-bond acceptors (Lipinski definition) is 2. The first-order valence-electron chi connectivity index (χ1n) is 4.76. The Morgan fingerprint density at radius 1 is 1.53 bits per heavy atom. The van der Waals surface area contributed by atoms with Crippen LogP contribution in [0, 0.1) is 5.82 Å². The quantitative estimate of drug-likeness (QED) is 0.915. The van der Waals surface area contributed by atoms with Crippen molar-refractivity contribution in [1.29, 1.82) is 0 Å². The molecule has 1 N–H and O–H groups in total. The van der Waals surface area contributed by atoms with Crippen molar-refractivity contribution in [2.45, 2.75) is 6.54 Å². The van der Waals surface area contributed by atoms with Crippen LogP contribution in [0.15, 0.2) is 30.6 Å². The molecule has 0 amide bonds. The van der Waals surface area contributed by atoms with Crippen LogP contribution in [0.2, 0.25) is 5.02 Å². The van der Waals surface area contributed by atoms with E-state index in [2.05, 4.69) is 5.10 Å². The Morgan fingerprint density at radius 3 is 2.88 bits per heavy atom. The number of rotatable bonds is 3. The number of halogens is 2. The normalized spacial score (nSPS) is 10.5. The highest BCUT2D eigenvalue weighted by Gasteiger charge is 2.13. The molecule has 0 bridgehead atoms. The first-order valence-corrected chi connectivity index (χ1v) is 5.14. The predicted molar refractivity (Wildman–Crippen MR) is 59.7 cm³/mol. The van der Waals surface area contributed by atoms with E-state index in [0.717, 1.165) is 0 Å². The molecule has 1 heterocycles. The Kier molecular flexibility index (Phi) is 3.10. The summed E-state index contributed by atoms with van der Waals surface area (Å²) in [6.45, 7) is 0.139. The van der Waals surface area contributed by atoms with Gasteiger partial charge in [-0.1, -0.05) is 23.7 Å². The van der Waals surface area contributed by atoms with E-state index in [4.69, 9.17) is 16.7 Å². The Balaban J connectivity index is 2.33. The summed E-state index contributed by atoms with van der Waals surface area (Å²) in [5.74, 6) is -2.03. The van der Waals surface area contributed by atoms with E-state index in [9.17, 15) is 9.18 Å². The minimum Gasteiger partial charge on any atom is -0.478 e. The smallest absolute Gasteiger partial charge is 0.338 e. The van der Waals surface area contributed by atoms with E-state index < -0.39 is 11.8 Å². The summed E-state index contributed by atoms with van der Waals surface area (Å²) in [4.78, 5) is 10.7. The molecule has 0 saturated carbocycles. The fourth-order valence-electron chi connectivity index (χ4n) is 1.47. The minimum atomic E-state index is -1.29. The van der Waals surface area contributed by atoms with E-state index in [-0.39, 0.29) is 17.7 Å². The van der Waals surface area contributed by atoms with Gasteiger partial charge in [0.25, 0.3) is 0 Å². The average Bonchev–Trinajstić information content (AvgIpc) is 2.67. The summed E-state index contributed by atoms with van der Waals surface area (Å²) in [6.07, 6.45) is 2.97. The zero-order valence-electron chi connectivity index (χ0n) is 8.60. The number of carboxylic acids is 1. The second-order valence-corrected chi connectivity index (χ2v) is 3.88. The van der Waals surface area contributed by atoms with Crippen LogP contribution in [-0.4, -0.2) is 20.9 Å². The summed E-state index contributed by atoms with van der Waals surface area (Å²) in [5, 5.41) is 13.1. The van der Waals surface area contributed by atoms with E-state index in [0.29, 0.717) is 5.02 Å². The molecule has 0 radical (unpaired) electrons. The lowest BCUT2D eigenvalue weighted by Gasteiger charge is -2.05. The van der Waals surface area contributed by atoms with Crippen molar-refractivity contribution >= 4 is 17.6 Å². The van der Waals surface area contributed by atoms with Gasteiger partial charge in [-0.25, -0.2) is 9.18 Å². The van der Waals surface area contributed by atoms with Gasteiger partial charge in [-0.15, -0.1) is 0 Å². The second-order valence-electron chi connectivity index (χ2n) is 3.44. The molecule has 1 aromatic carbocycles. The van der Waals surface area contributed by atoms with E-state index in [1.807, 2.05) is 0 Å². The Bertz CT molecular complexity index is 568. The molecule has 2 rings (SSSR count). The van der Waals surface area contributed by atoms with E-state index in [1.54, 1.807) is 0 Å². The Hall–Kier alpha value is -1.88. The van der Waals surface area contributed by atoms with Gasteiger partial charge >= 0.3 is 5.97 Å². The molecular formula is C11H8ClFN2O2. The fraction of sp³-hybridized carbons (Fsp3) is 0.0909. The Labute approximate surface area is 101 Å². The molecule has 0 unspecified atom stereocenters. The lowest BCUT2D eigenvalue weighted by molar-refractivity contribution is 0.0691. The third-order valence-corrected chi connectivity index (χ3v) is 2.44. The molecule has 2 aromatic rings. The van der Waals surface area contributed by atoms with Crippen LogP contribution in [0.1, 0.15) is 15.9 Å². The van der Waals surface area contributed by atoms with Crippen molar-refractivity contribution in [3.63, 3.8) is 0 Å². The maximum Gasteiger partial charge on any atom is 0.338 e. The highest BCUT2D eigenvalue weighted by Crippen LogP contribution is 2.15. The van der Waals surface area contributed by atoms with E-state index in [1.165, 1.54) is 35.3 Å². The van der Waals surface area contributed by atoms with Crippen LogP contribution in [0.25, 0.3) is 0 Å². The lowest BCUT2D eigenvalue weighted by atomic mass is 10.1. The molecule has 0 aliphatic heterocycles. The Morgan fingerprint density at radius 2 is 2.29 bits per heavy atom. The predicted octanol–water partition coefficient (Wildman–Crippen LogP) is 2.42. The highest BCUT2D eigenvalue weighted by atomic mass is 35.5. The van der Waals surface area contributed by atoms with Gasteiger partial charge in [0.05, 0.1) is 23.3 Å². The molecule has 0 aliphatic carbocycles. The zero-order chi connectivity index (χ0) is 12.4. The molecule has 6 heteroatoms. The number of aromatic carboxylic acids is 1. The molecule has 0 spiro atoms. The lowest BCUT2D eigenvalue weighted by Crippen LogP contribution is -2.07. The highest BCUT2D eigenvalue weighted by molar-refractivity contribution is 6.30. The van der Waals surface area contributed by atoms with Crippen LogP contribution in [0.5, 0.6) is 0 Å². The van der Waals surface area contributed by atoms with Gasteiger partial charge in [0.1, 0.15) is 5.82 Å². The van der Waals surface area contributed by atoms with Crippen molar-refractivity contribution in [3.8, 4) is 0 Å². The largest absolute Gasteiger partial charge is 0.478 e. The second kappa shape index (κ2) is 4.55. The number of nitrogens with zero attached hydrogens (tertiary/aromatic N) is 2. The van der Waals surface area contributed by atoms with E-state index >= 15 is 0 Å². The fourth-order valence-corrected chi connectivity index (χ4v) is 1.62. The summed E-state index contributed by atoms with van der Waals surface area (Å²) in [7, 11) is 0. The van der Waals surface area contributed by atoms with Crippen LogP contribution >= 0.6 is 11.6 Å². The molecule has 1 aromatic heterocycles. The van der Waals surface area contributed by atoms with Crippen LogP contribution in [0.3, 0.4) is 0 Å². The first-order chi connectivity index (χ1) is 8.08. The molecule has 88 valence electrons. The molecule has 0 atom stereocenters. The molecule has 0 fully saturated rings. The van der Waals surface area contributed by atoms with Gasteiger partial charge in [0.2, 0.25) is 0 Å². The molecule has 4 nitrogen and oxygen atoms in total. The number of carbonyl (C=O) groups is 1. The maximum absolute atomic E-state index is 13.8. The third-order valence-electron chi connectivity index (χ3n) is 2.24. The molecule has 0 aliphatic rings. The van der Waals surface area contributed by atoms with Crippen molar-refractivity contribution in [2.75, 3.05) is 0 Å². The van der Waals surface area contributed by atoms with Gasteiger partial charge in [-0.05, 0) is 6.07 Å². The van der Waals surface area contributed by atoms with Gasteiger partial charge in [0, 0.05) is 11.8 Å². The van der Waals surface area contributed by atoms with Crippen molar-refractivity contribution in [3.05, 3.63) is 52.6 Å². The van der Waals surface area contributed by atoms with Gasteiger partial charge in [-0.3, -0.25) is 4.68 Å². The van der Waals surface area contributed by atoms with Crippen LogP contribution < -0.4 is 0 Å². The zero-order valence-corrected chi connectivity index (χ0v) is 9.36. The summed E-state index contributed by atoms with van der Waals surface area (Å²) < 4.78 is 15.2. The number of hydrogen-bond donors (Lipinski definition) is 1. The monoisotopic (exact) mass is 254 g/mol. The summed E-state index contributed by atoms with van der Waals surface area (Å²) >= 11 is 5.68. The molecular weight excluding hydrogens is 247 g/mol. The standard InChI is InChI=1S/C11H8ClFN2O2/c12-8-4-14-15(6-8)5-7-2-1-3-9(10(7)13)11(16)17/h1-4,6H,5H2,(H,16,17). The minimum absolute atomic E-state index is 0.139. The summed E-state index contributed by atoms with van der Waals surface area (Å²) in [5.41, 5.74) is -0.0922.